The molecule has 1 aliphatic heterocycles. The fourth-order valence-corrected chi connectivity index (χ4v) is 3.51. The quantitative estimate of drug-likeness (QED) is 0.683. The Labute approximate surface area is 141 Å². The number of imide groups is 1. The predicted octanol–water partition coefficient (Wildman–Crippen LogP) is 2.53. The van der Waals surface area contributed by atoms with Crippen LogP contribution in [0.1, 0.15) is 32.3 Å². The summed E-state index contributed by atoms with van der Waals surface area (Å²) in [5, 5.41) is 2.86. The summed E-state index contributed by atoms with van der Waals surface area (Å²) in [4.78, 5) is 38.9. The molecule has 3 amide bonds. The van der Waals surface area contributed by atoms with Crippen molar-refractivity contribution in [3.63, 3.8) is 0 Å². The maximum Gasteiger partial charge on any atom is 0.247 e. The number of fused-ring (bicyclic) bond motifs is 1. The lowest BCUT2D eigenvalue weighted by Crippen LogP contribution is -2.46. The lowest BCUT2D eigenvalue weighted by atomic mass is 9.85. The number of amides is 3. The maximum absolute atomic E-state index is 12.6. The topological polar surface area (TPSA) is 66.5 Å². The fourth-order valence-electron chi connectivity index (χ4n) is 3.51. The van der Waals surface area contributed by atoms with Crippen LogP contribution in [0.4, 0.5) is 5.69 Å². The Morgan fingerprint density at radius 3 is 2.33 bits per heavy atom. The Balaban J connectivity index is 1.76. The minimum absolute atomic E-state index is 0.222. The van der Waals surface area contributed by atoms with E-state index in [1.54, 1.807) is 6.92 Å². The number of para-hydroxylation sites is 1. The Kier molecular flexibility index (Phi) is 4.51. The molecular weight excluding hydrogens is 304 g/mol. The van der Waals surface area contributed by atoms with Crippen molar-refractivity contribution >= 4 is 23.4 Å². The molecule has 1 N–H and O–H groups in total. The van der Waals surface area contributed by atoms with Crippen molar-refractivity contribution in [3.05, 3.63) is 42.0 Å². The number of carbonyl (C=O) groups is 3. The Bertz CT molecular complexity index is 684. The first-order valence-electron chi connectivity index (χ1n) is 8.45. The molecule has 1 aromatic rings. The standard InChI is InChI=1S/C19H22N2O3/c1-3-13-8-4-7-11-16(13)20-17(22)12(2)21-18(23)14-9-5-6-10-15(14)19(21)24/h4-8,11-12,14-15H,3,9-10H2,1-2H3,(H,20,22)/t12-,14-,15-/m0/s1. The van der Waals surface area contributed by atoms with Gasteiger partial charge in [0, 0.05) is 5.69 Å². The number of nitrogens with zero attached hydrogens (tertiary/aromatic N) is 1. The first kappa shape index (κ1) is 16.4. The SMILES string of the molecule is CCc1ccccc1NC(=O)[C@H](C)N1C(=O)[C@H]2CC=CC[C@@H]2C1=O. The summed E-state index contributed by atoms with van der Waals surface area (Å²) in [5.74, 6) is -1.38. The van der Waals surface area contributed by atoms with Crippen LogP contribution >= 0.6 is 0 Å². The van der Waals surface area contributed by atoms with Gasteiger partial charge in [-0.2, -0.15) is 0 Å². The normalized spacial score (nSPS) is 24.0. The van der Waals surface area contributed by atoms with Gasteiger partial charge in [-0.05, 0) is 37.8 Å². The van der Waals surface area contributed by atoms with Gasteiger partial charge in [0.2, 0.25) is 17.7 Å². The fraction of sp³-hybridized carbons (Fsp3) is 0.421. The molecule has 3 atom stereocenters. The van der Waals surface area contributed by atoms with E-state index in [0.29, 0.717) is 12.8 Å². The second-order valence-corrected chi connectivity index (χ2v) is 6.38. The molecule has 1 aromatic carbocycles. The molecule has 1 heterocycles. The van der Waals surface area contributed by atoms with Gasteiger partial charge in [-0.1, -0.05) is 37.3 Å². The largest absolute Gasteiger partial charge is 0.324 e. The minimum Gasteiger partial charge on any atom is -0.324 e. The molecule has 0 radical (unpaired) electrons. The molecule has 5 heteroatoms. The van der Waals surface area contributed by atoms with Gasteiger partial charge in [-0.15, -0.1) is 0 Å². The molecular formula is C19H22N2O3. The van der Waals surface area contributed by atoms with Gasteiger partial charge in [0.05, 0.1) is 11.8 Å². The Morgan fingerprint density at radius 2 is 1.75 bits per heavy atom. The van der Waals surface area contributed by atoms with Crippen molar-refractivity contribution in [1.82, 2.24) is 4.90 Å². The average molecular weight is 326 g/mol. The van der Waals surface area contributed by atoms with Gasteiger partial charge in [0.15, 0.2) is 0 Å². The zero-order chi connectivity index (χ0) is 17.3. The number of allylic oxidation sites excluding steroid dienone is 2. The first-order chi connectivity index (χ1) is 11.5. The monoisotopic (exact) mass is 326 g/mol. The van der Waals surface area contributed by atoms with Crippen LogP contribution in [0.3, 0.4) is 0 Å². The molecule has 0 unspecified atom stereocenters. The van der Waals surface area contributed by atoms with E-state index in [1.165, 1.54) is 0 Å². The molecule has 3 rings (SSSR count). The van der Waals surface area contributed by atoms with Crippen molar-refractivity contribution in [2.75, 3.05) is 5.32 Å². The summed E-state index contributed by atoms with van der Waals surface area (Å²) < 4.78 is 0. The van der Waals surface area contributed by atoms with Crippen LogP contribution in [0.15, 0.2) is 36.4 Å². The molecule has 2 aliphatic rings. The Morgan fingerprint density at radius 1 is 1.17 bits per heavy atom. The first-order valence-corrected chi connectivity index (χ1v) is 8.45. The smallest absolute Gasteiger partial charge is 0.247 e. The van der Waals surface area contributed by atoms with Crippen LogP contribution in [0.25, 0.3) is 0 Å². The highest BCUT2D eigenvalue weighted by Gasteiger charge is 2.50. The summed E-state index contributed by atoms with van der Waals surface area (Å²) in [5.41, 5.74) is 1.75. The molecule has 5 nitrogen and oxygen atoms in total. The highest BCUT2D eigenvalue weighted by atomic mass is 16.2. The number of carbonyl (C=O) groups excluding carboxylic acids is 3. The molecule has 1 aliphatic carbocycles. The molecule has 0 bridgehead atoms. The van der Waals surface area contributed by atoms with Crippen LogP contribution in [0, 0.1) is 11.8 Å². The van der Waals surface area contributed by atoms with Gasteiger partial charge in [0.25, 0.3) is 0 Å². The van der Waals surface area contributed by atoms with Crippen molar-refractivity contribution < 1.29 is 14.4 Å². The third kappa shape index (κ3) is 2.75. The van der Waals surface area contributed by atoms with Crippen molar-refractivity contribution in [2.45, 2.75) is 39.2 Å². The highest BCUT2D eigenvalue weighted by Crippen LogP contribution is 2.36. The van der Waals surface area contributed by atoms with Crippen LogP contribution in [-0.4, -0.2) is 28.7 Å². The van der Waals surface area contributed by atoms with Crippen molar-refractivity contribution in [2.24, 2.45) is 11.8 Å². The van der Waals surface area contributed by atoms with E-state index in [9.17, 15) is 14.4 Å². The van der Waals surface area contributed by atoms with E-state index in [-0.39, 0.29) is 29.6 Å². The van der Waals surface area contributed by atoms with E-state index >= 15 is 0 Å². The highest BCUT2D eigenvalue weighted by molar-refractivity contribution is 6.10. The summed E-state index contributed by atoms with van der Waals surface area (Å²) in [7, 11) is 0. The second kappa shape index (κ2) is 6.59. The second-order valence-electron chi connectivity index (χ2n) is 6.38. The number of benzene rings is 1. The lowest BCUT2D eigenvalue weighted by Gasteiger charge is -2.23. The molecule has 1 fully saturated rings. The molecule has 126 valence electrons. The maximum atomic E-state index is 12.6. The molecule has 0 spiro atoms. The number of aryl methyl sites for hydroxylation is 1. The van der Waals surface area contributed by atoms with Crippen LogP contribution < -0.4 is 5.32 Å². The number of anilines is 1. The van der Waals surface area contributed by atoms with E-state index in [4.69, 9.17) is 0 Å². The summed E-state index contributed by atoms with van der Waals surface area (Å²) >= 11 is 0. The number of hydrogen-bond acceptors (Lipinski definition) is 3. The number of nitrogens with one attached hydrogen (secondary N) is 1. The van der Waals surface area contributed by atoms with Crippen molar-refractivity contribution in [3.8, 4) is 0 Å². The third-order valence-corrected chi connectivity index (χ3v) is 4.96. The van der Waals surface area contributed by atoms with Gasteiger partial charge in [-0.3, -0.25) is 19.3 Å². The summed E-state index contributed by atoms with van der Waals surface area (Å²) in [6.45, 7) is 3.63. The van der Waals surface area contributed by atoms with Crippen LogP contribution in [0.2, 0.25) is 0 Å². The van der Waals surface area contributed by atoms with Gasteiger partial charge in [0.1, 0.15) is 6.04 Å². The van der Waals surface area contributed by atoms with E-state index in [1.807, 2.05) is 43.3 Å². The minimum atomic E-state index is -0.805. The number of rotatable bonds is 4. The predicted molar refractivity (Wildman–Crippen MR) is 91.1 cm³/mol. The molecule has 0 aromatic heterocycles. The number of likely N-dealkylation sites (tertiary alicyclic amines) is 1. The summed E-state index contributed by atoms with van der Waals surface area (Å²) in [6.07, 6.45) is 5.84. The Hall–Kier alpha value is -2.43. The van der Waals surface area contributed by atoms with Crippen LogP contribution in [-0.2, 0) is 20.8 Å². The summed E-state index contributed by atoms with van der Waals surface area (Å²) in [6, 6.07) is 6.75. The van der Waals surface area contributed by atoms with Gasteiger partial charge < -0.3 is 5.32 Å². The van der Waals surface area contributed by atoms with Crippen LogP contribution in [0.5, 0.6) is 0 Å². The molecule has 1 saturated heterocycles. The van der Waals surface area contributed by atoms with Crippen molar-refractivity contribution in [1.29, 1.82) is 0 Å². The zero-order valence-corrected chi connectivity index (χ0v) is 14.0. The van der Waals surface area contributed by atoms with Gasteiger partial charge >= 0.3 is 0 Å². The third-order valence-electron chi connectivity index (χ3n) is 4.96. The molecule has 0 saturated carbocycles. The van der Waals surface area contributed by atoms with E-state index in [0.717, 1.165) is 22.6 Å². The van der Waals surface area contributed by atoms with E-state index in [2.05, 4.69) is 5.32 Å². The zero-order valence-electron chi connectivity index (χ0n) is 14.0. The number of hydrogen-bond donors (Lipinski definition) is 1. The average Bonchev–Trinajstić information content (AvgIpc) is 2.86. The molecule has 24 heavy (non-hydrogen) atoms. The van der Waals surface area contributed by atoms with E-state index < -0.39 is 6.04 Å². The lowest BCUT2D eigenvalue weighted by molar-refractivity contribution is -0.146. The van der Waals surface area contributed by atoms with Gasteiger partial charge in [-0.25, -0.2) is 0 Å².